The summed E-state index contributed by atoms with van der Waals surface area (Å²) in [4.78, 5) is 20.1. The van der Waals surface area contributed by atoms with Crippen molar-refractivity contribution in [3.8, 4) is 5.88 Å². The van der Waals surface area contributed by atoms with Crippen LogP contribution in [-0.2, 0) is 4.84 Å². The quantitative estimate of drug-likeness (QED) is 0.757. The zero-order valence-electron chi connectivity index (χ0n) is 10.3. The predicted octanol–water partition coefficient (Wildman–Crippen LogP) is 1.75. The molecule has 0 spiro atoms. The number of pyridine rings is 1. The third kappa shape index (κ3) is 4.25. The highest BCUT2D eigenvalue weighted by molar-refractivity contribution is 5.93. The Bertz CT molecular complexity index is 404. The summed E-state index contributed by atoms with van der Waals surface area (Å²) in [6.07, 6.45) is 1.24. The summed E-state index contributed by atoms with van der Waals surface area (Å²) in [7, 11) is 2.80. The van der Waals surface area contributed by atoms with Crippen molar-refractivity contribution in [3.05, 3.63) is 23.9 Å². The van der Waals surface area contributed by atoms with Crippen molar-refractivity contribution in [1.82, 2.24) is 10.0 Å². The van der Waals surface area contributed by atoms with Crippen LogP contribution in [-0.4, -0.2) is 42.6 Å². The number of rotatable bonds is 5. The van der Waals surface area contributed by atoms with Gasteiger partial charge in [0.15, 0.2) is 6.61 Å². The zero-order chi connectivity index (χ0) is 13.8. The molecule has 0 atom stereocenters. The molecule has 0 fully saturated rings. The molecule has 0 aliphatic carbocycles. The van der Waals surface area contributed by atoms with Crippen LogP contribution in [0.5, 0.6) is 5.88 Å². The number of nitrogens with zero attached hydrogens (tertiary/aromatic N) is 2. The number of aromatic nitrogens is 1. The maximum absolute atomic E-state index is 12.5. The Morgan fingerprint density at radius 3 is 2.61 bits per heavy atom. The lowest BCUT2D eigenvalue weighted by Crippen LogP contribution is -2.25. The van der Waals surface area contributed by atoms with Crippen LogP contribution >= 0.6 is 0 Å². The highest BCUT2D eigenvalue weighted by Crippen LogP contribution is 2.15. The third-order valence-corrected chi connectivity index (χ3v) is 2.02. The van der Waals surface area contributed by atoms with Crippen molar-refractivity contribution in [3.63, 3.8) is 0 Å². The Labute approximate surface area is 103 Å². The Morgan fingerprint density at radius 1 is 1.50 bits per heavy atom. The number of halogens is 2. The first-order valence-electron chi connectivity index (χ1n) is 5.12. The molecule has 0 aromatic carbocycles. The number of ether oxygens (including phenoxy) is 1. The number of carbonyl (C=O) groups is 1. The summed E-state index contributed by atoms with van der Waals surface area (Å²) in [6.45, 7) is -0.0102. The van der Waals surface area contributed by atoms with E-state index in [1.807, 2.05) is 0 Å². The normalized spacial score (nSPS) is 11.2. The molecule has 0 saturated carbocycles. The lowest BCUT2D eigenvalue weighted by molar-refractivity contribution is -0.0757. The fraction of sp³-hybridized carbons (Fsp3) is 0.455. The molecule has 0 radical (unpaired) electrons. The predicted molar refractivity (Wildman–Crippen MR) is 59.5 cm³/mol. The van der Waals surface area contributed by atoms with Gasteiger partial charge in [-0.3, -0.25) is 9.63 Å². The van der Waals surface area contributed by atoms with Gasteiger partial charge in [0.25, 0.3) is 11.8 Å². The minimum atomic E-state index is -2.92. The first kappa shape index (κ1) is 14.3. The van der Waals surface area contributed by atoms with Gasteiger partial charge in [-0.15, -0.1) is 0 Å². The minimum Gasteiger partial charge on any atom is -0.471 e. The fourth-order valence-corrected chi connectivity index (χ4v) is 1.06. The van der Waals surface area contributed by atoms with Gasteiger partial charge in [-0.25, -0.2) is 18.8 Å². The molecule has 0 aliphatic rings. The third-order valence-electron chi connectivity index (χ3n) is 2.02. The van der Waals surface area contributed by atoms with Gasteiger partial charge in [0.2, 0.25) is 5.88 Å². The highest BCUT2D eigenvalue weighted by atomic mass is 19.3. The summed E-state index contributed by atoms with van der Waals surface area (Å²) in [5.74, 6) is -3.28. The second-order valence-electron chi connectivity index (χ2n) is 3.73. The van der Waals surface area contributed by atoms with Crippen LogP contribution in [0.4, 0.5) is 8.78 Å². The molecule has 0 saturated heterocycles. The largest absolute Gasteiger partial charge is 0.471 e. The van der Waals surface area contributed by atoms with E-state index < -0.39 is 18.4 Å². The summed E-state index contributed by atoms with van der Waals surface area (Å²) in [6, 6.07) is 2.77. The molecule has 7 heteroatoms. The average molecular weight is 260 g/mol. The molecule has 1 rings (SSSR count). The van der Waals surface area contributed by atoms with E-state index in [9.17, 15) is 13.6 Å². The maximum Gasteiger partial charge on any atom is 0.278 e. The standard InChI is InChI=1S/C11H14F2N2O3/c1-11(12,13)7-18-9-5-4-8(6-14-9)10(16)15(2)17-3/h4-6H,7H2,1-3H3. The van der Waals surface area contributed by atoms with Crippen LogP contribution in [0, 0.1) is 0 Å². The van der Waals surface area contributed by atoms with Crippen molar-refractivity contribution in [2.45, 2.75) is 12.8 Å². The van der Waals surface area contributed by atoms with E-state index in [4.69, 9.17) is 9.57 Å². The number of hydroxylamine groups is 2. The van der Waals surface area contributed by atoms with Crippen molar-refractivity contribution >= 4 is 5.91 Å². The van der Waals surface area contributed by atoms with E-state index in [0.717, 1.165) is 12.0 Å². The Morgan fingerprint density at radius 2 is 2.17 bits per heavy atom. The molecule has 1 heterocycles. The summed E-state index contributed by atoms with van der Waals surface area (Å²) in [5.41, 5.74) is 0.273. The Balaban J connectivity index is 2.66. The first-order chi connectivity index (χ1) is 8.33. The molecule has 5 nitrogen and oxygen atoms in total. The molecule has 0 unspecified atom stereocenters. The number of alkyl halides is 2. The smallest absolute Gasteiger partial charge is 0.278 e. The van der Waals surface area contributed by atoms with Gasteiger partial charge < -0.3 is 4.74 Å². The Kier molecular flexibility index (Phi) is 4.55. The molecular formula is C11H14F2N2O3. The summed E-state index contributed by atoms with van der Waals surface area (Å²) in [5, 5.41) is 1.03. The molecular weight excluding hydrogens is 246 g/mol. The van der Waals surface area contributed by atoms with Crippen LogP contribution in [0.2, 0.25) is 0 Å². The SMILES string of the molecule is CON(C)C(=O)c1ccc(OCC(C)(F)F)nc1. The van der Waals surface area contributed by atoms with E-state index in [1.165, 1.54) is 32.5 Å². The lowest BCUT2D eigenvalue weighted by atomic mass is 10.2. The summed E-state index contributed by atoms with van der Waals surface area (Å²) >= 11 is 0. The van der Waals surface area contributed by atoms with E-state index in [1.54, 1.807) is 0 Å². The topological polar surface area (TPSA) is 51.7 Å². The van der Waals surface area contributed by atoms with E-state index >= 15 is 0 Å². The van der Waals surface area contributed by atoms with Gasteiger partial charge in [0.1, 0.15) is 0 Å². The van der Waals surface area contributed by atoms with Gasteiger partial charge in [-0.1, -0.05) is 0 Å². The van der Waals surface area contributed by atoms with Crippen LogP contribution in [0.15, 0.2) is 18.3 Å². The molecule has 0 bridgehead atoms. The van der Waals surface area contributed by atoms with E-state index in [-0.39, 0.29) is 11.4 Å². The zero-order valence-corrected chi connectivity index (χ0v) is 10.3. The summed E-state index contributed by atoms with van der Waals surface area (Å²) < 4.78 is 29.8. The molecule has 1 amide bonds. The minimum absolute atomic E-state index is 0.0353. The maximum atomic E-state index is 12.5. The first-order valence-corrected chi connectivity index (χ1v) is 5.12. The molecule has 100 valence electrons. The Hall–Kier alpha value is -1.76. The van der Waals surface area contributed by atoms with Crippen LogP contribution < -0.4 is 4.74 Å². The monoisotopic (exact) mass is 260 g/mol. The van der Waals surface area contributed by atoms with Crippen molar-refractivity contribution < 1.29 is 23.1 Å². The van der Waals surface area contributed by atoms with Gasteiger partial charge in [0.05, 0.1) is 12.7 Å². The number of hydrogen-bond donors (Lipinski definition) is 0. The molecule has 1 aromatic heterocycles. The lowest BCUT2D eigenvalue weighted by Gasteiger charge is -2.14. The number of amides is 1. The van der Waals surface area contributed by atoms with Crippen LogP contribution in [0.25, 0.3) is 0 Å². The second-order valence-corrected chi connectivity index (χ2v) is 3.73. The van der Waals surface area contributed by atoms with Crippen LogP contribution in [0.1, 0.15) is 17.3 Å². The molecule has 0 aliphatic heterocycles. The second kappa shape index (κ2) is 5.72. The van der Waals surface area contributed by atoms with E-state index in [0.29, 0.717) is 0 Å². The van der Waals surface area contributed by atoms with Crippen molar-refractivity contribution in [1.29, 1.82) is 0 Å². The van der Waals surface area contributed by atoms with Gasteiger partial charge in [-0.2, -0.15) is 0 Å². The van der Waals surface area contributed by atoms with Crippen LogP contribution in [0.3, 0.4) is 0 Å². The fourth-order valence-electron chi connectivity index (χ4n) is 1.06. The van der Waals surface area contributed by atoms with Gasteiger partial charge >= 0.3 is 0 Å². The number of hydrogen-bond acceptors (Lipinski definition) is 4. The average Bonchev–Trinajstić information content (AvgIpc) is 2.34. The van der Waals surface area contributed by atoms with Crippen molar-refractivity contribution in [2.75, 3.05) is 20.8 Å². The number of carbonyl (C=O) groups excluding carboxylic acids is 1. The van der Waals surface area contributed by atoms with Gasteiger partial charge in [-0.05, 0) is 6.07 Å². The highest BCUT2D eigenvalue weighted by Gasteiger charge is 2.22. The molecule has 18 heavy (non-hydrogen) atoms. The molecule has 1 aromatic rings. The van der Waals surface area contributed by atoms with E-state index in [2.05, 4.69) is 4.98 Å². The van der Waals surface area contributed by atoms with Gasteiger partial charge in [0, 0.05) is 26.2 Å². The molecule has 0 N–H and O–H groups in total. The van der Waals surface area contributed by atoms with Crippen molar-refractivity contribution in [2.24, 2.45) is 0 Å².